The maximum atomic E-state index is 13.0. The summed E-state index contributed by atoms with van der Waals surface area (Å²) in [4.78, 5) is 22.6. The van der Waals surface area contributed by atoms with E-state index >= 15 is 0 Å². The predicted octanol–water partition coefficient (Wildman–Crippen LogP) is 5.03. The van der Waals surface area contributed by atoms with E-state index in [-0.39, 0.29) is 5.91 Å². The number of carbonyl (C=O) groups is 1. The van der Waals surface area contributed by atoms with Crippen LogP contribution in [0.2, 0.25) is 10.0 Å². The molecule has 1 amide bonds. The third kappa shape index (κ3) is 4.17. The number of benzene rings is 3. The van der Waals surface area contributed by atoms with Crippen molar-refractivity contribution in [1.82, 2.24) is 14.9 Å². The topological polar surface area (TPSA) is 87.0 Å². The molecule has 4 aromatic rings. The summed E-state index contributed by atoms with van der Waals surface area (Å²) in [6, 6.07) is 18.5. The zero-order valence-corrected chi connectivity index (χ0v) is 18.6. The van der Waals surface area contributed by atoms with E-state index in [0.717, 1.165) is 33.4 Å². The number of aromatic amines is 1. The molecule has 0 aliphatic carbocycles. The van der Waals surface area contributed by atoms with Crippen molar-refractivity contribution in [3.8, 4) is 0 Å². The average Bonchev–Trinajstić information content (AvgIpc) is 3.38. The smallest absolute Gasteiger partial charge is 0.240 e. The Labute approximate surface area is 195 Å². The van der Waals surface area contributed by atoms with Crippen LogP contribution in [0, 0.1) is 0 Å². The van der Waals surface area contributed by atoms with Crippen molar-refractivity contribution in [1.29, 1.82) is 0 Å². The van der Waals surface area contributed by atoms with E-state index in [2.05, 4.69) is 21.4 Å². The second-order valence-corrected chi connectivity index (χ2v) is 8.80. The largest absolute Gasteiger partial charge is 0.333 e. The van der Waals surface area contributed by atoms with Crippen LogP contribution in [0.1, 0.15) is 16.7 Å². The fourth-order valence-electron chi connectivity index (χ4n) is 4.02. The molecule has 1 atom stereocenters. The number of hydrogen-bond acceptors (Lipinski definition) is 4. The van der Waals surface area contributed by atoms with Gasteiger partial charge in [0.25, 0.3) is 0 Å². The van der Waals surface area contributed by atoms with E-state index in [1.165, 1.54) is 0 Å². The van der Waals surface area contributed by atoms with Gasteiger partial charge in [-0.05, 0) is 59.5 Å². The summed E-state index contributed by atoms with van der Waals surface area (Å²) < 4.78 is 0. The third-order valence-electron chi connectivity index (χ3n) is 5.66. The number of rotatable bonds is 5. The number of para-hydroxylation sites is 2. The molecule has 1 aliphatic rings. The lowest BCUT2D eigenvalue weighted by atomic mass is 10.1. The van der Waals surface area contributed by atoms with Gasteiger partial charge >= 0.3 is 0 Å². The molecule has 32 heavy (non-hydrogen) atoms. The minimum absolute atomic E-state index is 0.0981. The first-order valence-corrected chi connectivity index (χ1v) is 11.0. The van der Waals surface area contributed by atoms with Gasteiger partial charge in [-0.1, -0.05) is 47.5 Å². The molecule has 0 radical (unpaired) electrons. The monoisotopic (exact) mass is 465 g/mol. The normalized spacial score (nSPS) is 13.9. The number of nitrogens with two attached hydrogens (primary N) is 1. The molecular formula is C24H21Cl2N5O. The number of aromatic nitrogens is 2. The molecule has 1 aromatic heterocycles. The number of nitrogens with zero attached hydrogens (tertiary/aromatic N) is 2. The van der Waals surface area contributed by atoms with E-state index in [0.29, 0.717) is 35.5 Å². The predicted molar refractivity (Wildman–Crippen MR) is 128 cm³/mol. The van der Waals surface area contributed by atoms with Crippen molar-refractivity contribution in [2.75, 3.05) is 5.32 Å². The second kappa shape index (κ2) is 8.47. The van der Waals surface area contributed by atoms with Crippen LogP contribution in [0.5, 0.6) is 0 Å². The van der Waals surface area contributed by atoms with E-state index in [1.807, 2.05) is 42.5 Å². The Hall–Kier alpha value is -3.06. The van der Waals surface area contributed by atoms with Crippen LogP contribution in [0.4, 0.5) is 11.6 Å². The van der Waals surface area contributed by atoms with E-state index in [4.69, 9.17) is 28.9 Å². The van der Waals surface area contributed by atoms with Gasteiger partial charge < -0.3 is 20.9 Å². The molecule has 162 valence electrons. The lowest BCUT2D eigenvalue weighted by molar-refractivity contribution is -0.133. The quantitative estimate of drug-likeness (QED) is 0.385. The molecule has 3 aromatic carbocycles. The van der Waals surface area contributed by atoms with E-state index in [1.54, 1.807) is 17.0 Å². The molecular weight excluding hydrogens is 445 g/mol. The van der Waals surface area contributed by atoms with Crippen LogP contribution in [-0.2, 0) is 24.3 Å². The standard InChI is InChI=1S/C24H21Cl2N5O/c25-17-7-5-14(19(26)11-17)10-20(27)23(32)31-12-15-6-8-18(9-16(15)13-31)28-24-29-21-3-1-2-4-22(21)30-24/h1-9,11,20H,10,12-13,27H2,(H2,28,29,30). The summed E-state index contributed by atoms with van der Waals surface area (Å²) in [6.45, 7) is 1.06. The molecule has 8 heteroatoms. The molecule has 2 heterocycles. The Morgan fingerprint density at radius 3 is 2.72 bits per heavy atom. The number of amides is 1. The molecule has 6 nitrogen and oxygen atoms in total. The zero-order valence-electron chi connectivity index (χ0n) is 17.1. The van der Waals surface area contributed by atoms with Gasteiger partial charge in [-0.15, -0.1) is 0 Å². The number of hydrogen-bond donors (Lipinski definition) is 3. The minimum Gasteiger partial charge on any atom is -0.333 e. The maximum absolute atomic E-state index is 13.0. The highest BCUT2D eigenvalue weighted by Gasteiger charge is 2.28. The first-order chi connectivity index (χ1) is 15.5. The number of imidazole rings is 1. The zero-order chi connectivity index (χ0) is 22.2. The maximum Gasteiger partial charge on any atom is 0.240 e. The number of halogens is 2. The number of nitrogens with one attached hydrogen (secondary N) is 2. The summed E-state index contributed by atoms with van der Waals surface area (Å²) in [5.41, 5.74) is 12.0. The molecule has 0 fully saturated rings. The average molecular weight is 466 g/mol. The first-order valence-electron chi connectivity index (χ1n) is 10.3. The van der Waals surface area contributed by atoms with Crippen molar-refractivity contribution in [2.45, 2.75) is 25.6 Å². The summed E-state index contributed by atoms with van der Waals surface area (Å²) >= 11 is 12.2. The van der Waals surface area contributed by atoms with Gasteiger partial charge in [0, 0.05) is 28.8 Å². The molecule has 4 N–H and O–H groups in total. The Morgan fingerprint density at radius 1 is 1.09 bits per heavy atom. The van der Waals surface area contributed by atoms with Gasteiger partial charge in [0.1, 0.15) is 0 Å². The second-order valence-electron chi connectivity index (χ2n) is 7.95. The molecule has 0 spiro atoms. The molecule has 1 aliphatic heterocycles. The minimum atomic E-state index is -0.670. The number of anilines is 2. The van der Waals surface area contributed by atoms with Crippen LogP contribution < -0.4 is 11.1 Å². The number of fused-ring (bicyclic) bond motifs is 2. The Morgan fingerprint density at radius 2 is 1.91 bits per heavy atom. The molecule has 5 rings (SSSR count). The SMILES string of the molecule is NC(Cc1ccc(Cl)cc1Cl)C(=O)N1Cc2ccc(Nc3nc4ccccc4[nH]3)cc2C1. The van der Waals surface area contributed by atoms with Gasteiger partial charge in [-0.2, -0.15) is 0 Å². The van der Waals surface area contributed by atoms with Crippen molar-refractivity contribution in [3.05, 3.63) is 87.4 Å². The van der Waals surface area contributed by atoms with Crippen molar-refractivity contribution in [3.63, 3.8) is 0 Å². The van der Waals surface area contributed by atoms with Crippen LogP contribution in [0.25, 0.3) is 11.0 Å². The van der Waals surface area contributed by atoms with Crippen LogP contribution in [0.15, 0.2) is 60.7 Å². The first kappa shape index (κ1) is 20.8. The van der Waals surface area contributed by atoms with Gasteiger partial charge in [0.05, 0.1) is 17.1 Å². The fourth-order valence-corrected chi connectivity index (χ4v) is 4.51. The van der Waals surface area contributed by atoms with Gasteiger partial charge in [-0.25, -0.2) is 4.98 Å². The Bertz CT molecular complexity index is 1290. The molecule has 0 saturated heterocycles. The third-order valence-corrected chi connectivity index (χ3v) is 6.25. The summed E-state index contributed by atoms with van der Waals surface area (Å²) in [5.74, 6) is 0.581. The lowest BCUT2D eigenvalue weighted by Crippen LogP contribution is -2.42. The van der Waals surface area contributed by atoms with Crippen LogP contribution in [0.3, 0.4) is 0 Å². The van der Waals surface area contributed by atoms with Gasteiger partial charge in [0.15, 0.2) is 0 Å². The Kier molecular flexibility index (Phi) is 5.51. The number of carbonyl (C=O) groups excluding carboxylic acids is 1. The molecule has 0 bridgehead atoms. The van der Waals surface area contributed by atoms with E-state index < -0.39 is 6.04 Å². The van der Waals surface area contributed by atoms with Crippen molar-refractivity contribution in [2.24, 2.45) is 5.73 Å². The highest BCUT2D eigenvalue weighted by molar-refractivity contribution is 6.35. The lowest BCUT2D eigenvalue weighted by Gasteiger charge is -2.20. The fraction of sp³-hybridized carbons (Fsp3) is 0.167. The van der Waals surface area contributed by atoms with Crippen molar-refractivity contribution < 1.29 is 4.79 Å². The number of H-pyrrole nitrogens is 1. The molecule has 0 saturated carbocycles. The van der Waals surface area contributed by atoms with Gasteiger partial charge in [0.2, 0.25) is 11.9 Å². The summed E-state index contributed by atoms with van der Waals surface area (Å²) in [6.07, 6.45) is 0.362. The highest BCUT2D eigenvalue weighted by Crippen LogP contribution is 2.28. The van der Waals surface area contributed by atoms with Crippen LogP contribution in [-0.4, -0.2) is 26.8 Å². The Balaban J connectivity index is 1.26. The van der Waals surface area contributed by atoms with Crippen molar-refractivity contribution >= 4 is 51.8 Å². The van der Waals surface area contributed by atoms with Crippen LogP contribution >= 0.6 is 23.2 Å². The molecule has 1 unspecified atom stereocenters. The summed E-state index contributed by atoms with van der Waals surface area (Å²) in [7, 11) is 0. The highest BCUT2D eigenvalue weighted by atomic mass is 35.5. The van der Waals surface area contributed by atoms with E-state index in [9.17, 15) is 4.79 Å². The summed E-state index contributed by atoms with van der Waals surface area (Å²) in [5, 5.41) is 4.39. The van der Waals surface area contributed by atoms with Gasteiger partial charge in [-0.3, -0.25) is 4.79 Å².